The van der Waals surface area contributed by atoms with Crippen LogP contribution in [-0.4, -0.2) is 58.5 Å². The second kappa shape index (κ2) is 4.85. The third kappa shape index (κ3) is 1.70. The Morgan fingerprint density at radius 3 is 0.944 bits per heavy atom. The summed E-state index contributed by atoms with van der Waals surface area (Å²) in [5, 5.41) is 15.3. The summed E-state index contributed by atoms with van der Waals surface area (Å²) in [5.41, 5.74) is 0. The molecule has 0 atom stereocenters. The van der Waals surface area contributed by atoms with Gasteiger partial charge in [0.15, 0.2) is 12.3 Å². The lowest BCUT2D eigenvalue weighted by atomic mass is 10.2. The highest BCUT2D eigenvalue weighted by Crippen LogP contribution is 2.27. The summed E-state index contributed by atoms with van der Waals surface area (Å²) >= 11 is 0. The first kappa shape index (κ1) is 12.1. The van der Waals surface area contributed by atoms with Gasteiger partial charge in [-0.15, -0.1) is 19.6 Å². The molecule has 2 heterocycles. The summed E-state index contributed by atoms with van der Waals surface area (Å²) < 4.78 is 0. The molecule has 98 valence electrons. The minimum Gasteiger partial charge on any atom is -0.231 e. The number of hydrogen-bond acceptors (Lipinski definition) is 8. The van der Waals surface area contributed by atoms with E-state index in [1.807, 2.05) is 0 Å². The van der Waals surface area contributed by atoms with Crippen LogP contribution < -0.4 is 0 Å². The maximum Gasteiger partial charge on any atom is 0.182 e. The Hall–Kier alpha value is -2.40. The molecule has 2 saturated heterocycles. The maximum atomic E-state index is 10.7. The largest absolute Gasteiger partial charge is 0.231 e. The molecule has 0 aliphatic carbocycles. The lowest BCUT2D eigenvalue weighted by Crippen LogP contribution is -2.70. The van der Waals surface area contributed by atoms with Gasteiger partial charge in [0.1, 0.15) is 0 Å². The first-order valence-electron chi connectivity index (χ1n) is 5.16. The minimum atomic E-state index is -0.946. The molecule has 2 aliphatic heterocycles. The molecule has 18 heavy (non-hydrogen) atoms. The second-order valence-electron chi connectivity index (χ2n) is 3.81. The summed E-state index contributed by atoms with van der Waals surface area (Å²) in [6.07, 6.45) is -1.89. The van der Waals surface area contributed by atoms with Crippen molar-refractivity contribution in [2.24, 2.45) is 21.1 Å². The van der Waals surface area contributed by atoms with Crippen LogP contribution in [0.4, 0.5) is 0 Å². The number of nitrogens with zero attached hydrogens (tertiary/aromatic N) is 8. The minimum absolute atomic E-state index is 0.106. The Kier molecular flexibility index (Phi) is 3.25. The van der Waals surface area contributed by atoms with Crippen molar-refractivity contribution in [3.05, 3.63) is 19.6 Å². The van der Waals surface area contributed by atoms with Crippen LogP contribution in [0.25, 0.3) is 0 Å². The Bertz CT molecular complexity index is 299. The topological polar surface area (TPSA) is 131 Å². The van der Waals surface area contributed by atoms with E-state index in [-0.39, 0.29) is 26.2 Å². The molecular formula is C6H10N8O4. The van der Waals surface area contributed by atoms with Crippen LogP contribution in [0.2, 0.25) is 0 Å². The van der Waals surface area contributed by atoms with Crippen LogP contribution in [0, 0.1) is 19.6 Å². The third-order valence-electron chi connectivity index (χ3n) is 3.02. The summed E-state index contributed by atoms with van der Waals surface area (Å²) in [5.74, 6) is 0. The Labute approximate surface area is 100 Å². The smallest absolute Gasteiger partial charge is 0.182 e. The van der Waals surface area contributed by atoms with Gasteiger partial charge in [0, 0.05) is 0 Å². The van der Waals surface area contributed by atoms with Gasteiger partial charge in [-0.1, -0.05) is 0 Å². The molecule has 0 aromatic carbocycles. The number of nitroso groups, excluding NO2 is 4. The van der Waals surface area contributed by atoms with Crippen molar-refractivity contribution in [3.8, 4) is 0 Å². The van der Waals surface area contributed by atoms with Crippen molar-refractivity contribution in [1.29, 1.82) is 0 Å². The van der Waals surface area contributed by atoms with Gasteiger partial charge in [-0.2, -0.15) is 0 Å². The molecule has 2 fully saturated rings. The van der Waals surface area contributed by atoms with E-state index in [1.54, 1.807) is 0 Å². The molecule has 0 amide bonds. The Morgan fingerprint density at radius 1 is 0.556 bits per heavy atom. The van der Waals surface area contributed by atoms with Crippen molar-refractivity contribution in [3.63, 3.8) is 0 Å². The molecular weight excluding hydrogens is 248 g/mol. The van der Waals surface area contributed by atoms with E-state index in [1.165, 1.54) is 0 Å². The van der Waals surface area contributed by atoms with Crippen molar-refractivity contribution in [2.75, 3.05) is 26.2 Å². The molecule has 0 bridgehead atoms. The van der Waals surface area contributed by atoms with Gasteiger partial charge >= 0.3 is 0 Å². The van der Waals surface area contributed by atoms with Gasteiger partial charge in [-0.25, -0.2) is 20.0 Å². The van der Waals surface area contributed by atoms with Crippen molar-refractivity contribution in [2.45, 2.75) is 12.3 Å². The van der Waals surface area contributed by atoms with Gasteiger partial charge < -0.3 is 0 Å². The van der Waals surface area contributed by atoms with Gasteiger partial charge in [-0.05, 0) is 0 Å². The molecule has 0 saturated carbocycles. The molecule has 0 unspecified atom stereocenters. The zero-order valence-corrected chi connectivity index (χ0v) is 9.19. The summed E-state index contributed by atoms with van der Waals surface area (Å²) in [7, 11) is 0. The average molecular weight is 258 g/mol. The van der Waals surface area contributed by atoms with Crippen molar-refractivity contribution in [1.82, 2.24) is 20.0 Å². The zero-order valence-electron chi connectivity index (χ0n) is 9.19. The van der Waals surface area contributed by atoms with E-state index >= 15 is 0 Å². The predicted octanol–water partition coefficient (Wildman–Crippen LogP) is -0.401. The lowest BCUT2D eigenvalue weighted by Gasteiger charge is -2.49. The molecule has 12 nitrogen and oxygen atoms in total. The standard InChI is InChI=1S/C6H10N8O4/c15-7-11-1-2-12(8-16)6-5(11)13(9-17)3-4-14(6)10-18/h5-6H,1-4H2/t5-,6-. The van der Waals surface area contributed by atoms with Gasteiger partial charge in [0.2, 0.25) is 0 Å². The van der Waals surface area contributed by atoms with Crippen LogP contribution in [-0.2, 0) is 0 Å². The highest BCUT2D eigenvalue weighted by molar-refractivity contribution is 4.91. The number of fused-ring (bicyclic) bond motifs is 1. The fourth-order valence-electron chi connectivity index (χ4n) is 2.22. The normalized spacial score (nSPS) is 27.6. The quantitative estimate of drug-likeness (QED) is 0.622. The van der Waals surface area contributed by atoms with E-state index < -0.39 is 12.3 Å². The van der Waals surface area contributed by atoms with E-state index in [0.717, 1.165) is 20.0 Å². The van der Waals surface area contributed by atoms with Crippen molar-refractivity contribution >= 4 is 0 Å². The van der Waals surface area contributed by atoms with Crippen LogP contribution >= 0.6 is 0 Å². The summed E-state index contributed by atoms with van der Waals surface area (Å²) in [4.78, 5) is 42.9. The van der Waals surface area contributed by atoms with E-state index in [0.29, 0.717) is 0 Å². The maximum absolute atomic E-state index is 10.7. The number of rotatable bonds is 4. The van der Waals surface area contributed by atoms with E-state index in [2.05, 4.69) is 21.1 Å². The predicted molar refractivity (Wildman–Crippen MR) is 57.6 cm³/mol. The lowest BCUT2D eigenvalue weighted by molar-refractivity contribution is -0.154. The molecule has 0 N–H and O–H groups in total. The summed E-state index contributed by atoms with van der Waals surface area (Å²) in [6.45, 7) is 0.425. The zero-order chi connectivity index (χ0) is 13.1. The molecule has 12 heteroatoms. The van der Waals surface area contributed by atoms with Gasteiger partial charge in [0.25, 0.3) is 0 Å². The van der Waals surface area contributed by atoms with Crippen LogP contribution in [0.5, 0.6) is 0 Å². The fourth-order valence-corrected chi connectivity index (χ4v) is 2.22. The van der Waals surface area contributed by atoms with E-state index in [9.17, 15) is 19.6 Å². The molecule has 2 rings (SSSR count). The molecule has 0 aromatic heterocycles. The van der Waals surface area contributed by atoms with Gasteiger partial charge in [-0.3, -0.25) is 0 Å². The first-order chi connectivity index (χ1) is 8.76. The average Bonchev–Trinajstić information content (AvgIpc) is 2.44. The monoisotopic (exact) mass is 258 g/mol. The summed E-state index contributed by atoms with van der Waals surface area (Å²) in [6, 6.07) is 0. The second-order valence-corrected chi connectivity index (χ2v) is 3.81. The fraction of sp³-hybridized carbons (Fsp3) is 1.00. The van der Waals surface area contributed by atoms with Gasteiger partial charge in [0.05, 0.1) is 47.3 Å². The highest BCUT2D eigenvalue weighted by atomic mass is 16.3. The number of hydrogen-bond donors (Lipinski definition) is 0. The molecule has 0 aromatic rings. The first-order valence-corrected chi connectivity index (χ1v) is 5.16. The van der Waals surface area contributed by atoms with Crippen LogP contribution in [0.1, 0.15) is 0 Å². The molecule has 2 aliphatic rings. The molecule has 0 radical (unpaired) electrons. The Balaban J connectivity index is 2.35. The van der Waals surface area contributed by atoms with Crippen LogP contribution in [0.15, 0.2) is 21.1 Å². The number of piperazine rings is 2. The SMILES string of the molecule is O=NN1CCN(N=O)[C@H]2[C@H]1N(N=O)CCN2N=O. The van der Waals surface area contributed by atoms with Crippen LogP contribution in [0.3, 0.4) is 0 Å². The molecule has 0 spiro atoms. The highest BCUT2D eigenvalue weighted by Gasteiger charge is 2.48. The van der Waals surface area contributed by atoms with E-state index in [4.69, 9.17) is 0 Å². The third-order valence-corrected chi connectivity index (χ3v) is 3.02. The van der Waals surface area contributed by atoms with Crippen molar-refractivity contribution < 1.29 is 0 Å². The Morgan fingerprint density at radius 2 is 0.778 bits per heavy atom.